The number of carbonyl (C=O) groups excluding carboxylic acids is 2. The van der Waals surface area contributed by atoms with Crippen LogP contribution in [0.2, 0.25) is 0 Å². The highest BCUT2D eigenvalue weighted by molar-refractivity contribution is 7.99. The van der Waals surface area contributed by atoms with Crippen LogP contribution in [0.5, 0.6) is 0 Å². The fraction of sp³-hybridized carbons (Fsp3) is 0.136. The molecule has 28 heavy (non-hydrogen) atoms. The van der Waals surface area contributed by atoms with Crippen LogP contribution in [0.15, 0.2) is 70.7 Å². The van der Waals surface area contributed by atoms with Gasteiger partial charge in [0.2, 0.25) is 5.91 Å². The summed E-state index contributed by atoms with van der Waals surface area (Å²) in [5, 5.41) is 6.22. The number of nitrogens with zero attached hydrogens (tertiary/aromatic N) is 1. The first-order chi connectivity index (χ1) is 13.4. The van der Waals surface area contributed by atoms with E-state index in [0.717, 1.165) is 4.90 Å². The summed E-state index contributed by atoms with van der Waals surface area (Å²) >= 11 is 1.46. The molecule has 0 bridgehead atoms. The van der Waals surface area contributed by atoms with Gasteiger partial charge in [-0.3, -0.25) is 9.59 Å². The zero-order valence-electron chi connectivity index (χ0n) is 15.9. The first kappa shape index (κ1) is 19.6. The number of amides is 2. The molecular formula is C22H21N3O2S. The summed E-state index contributed by atoms with van der Waals surface area (Å²) in [4.78, 5) is 29.5. The molecular weight excluding hydrogens is 370 g/mol. The lowest BCUT2D eigenvalue weighted by molar-refractivity contribution is -0.114. The lowest BCUT2D eigenvalue weighted by Crippen LogP contribution is -2.14. The van der Waals surface area contributed by atoms with Crippen molar-refractivity contribution >= 4 is 35.0 Å². The van der Waals surface area contributed by atoms with Gasteiger partial charge in [0, 0.05) is 29.4 Å². The molecule has 3 aromatic rings. The molecule has 0 aliphatic carbocycles. The van der Waals surface area contributed by atoms with Crippen molar-refractivity contribution in [3.05, 3.63) is 77.5 Å². The molecule has 1 heterocycles. The lowest BCUT2D eigenvalue weighted by Gasteiger charge is -2.11. The molecule has 0 atom stereocenters. The number of rotatable bonds is 5. The number of hydrogen-bond acceptors (Lipinski definition) is 4. The fourth-order valence-corrected chi connectivity index (χ4v) is 3.59. The summed E-state index contributed by atoms with van der Waals surface area (Å²) < 4.78 is 0. The molecule has 5 nitrogen and oxygen atoms in total. The Morgan fingerprint density at radius 2 is 1.64 bits per heavy atom. The lowest BCUT2D eigenvalue weighted by atomic mass is 10.1. The van der Waals surface area contributed by atoms with E-state index in [1.54, 1.807) is 42.6 Å². The van der Waals surface area contributed by atoms with Gasteiger partial charge in [0.1, 0.15) is 5.03 Å². The van der Waals surface area contributed by atoms with Gasteiger partial charge in [0.15, 0.2) is 0 Å². The Hall–Kier alpha value is -3.12. The third-order valence-corrected chi connectivity index (χ3v) is 5.16. The number of aryl methyl sites for hydroxylation is 2. The minimum absolute atomic E-state index is 0.164. The molecule has 2 amide bonds. The van der Waals surface area contributed by atoms with Crippen molar-refractivity contribution in [2.75, 3.05) is 10.6 Å². The van der Waals surface area contributed by atoms with Crippen LogP contribution < -0.4 is 10.6 Å². The van der Waals surface area contributed by atoms with E-state index in [-0.39, 0.29) is 11.8 Å². The van der Waals surface area contributed by atoms with Crippen molar-refractivity contribution in [3.8, 4) is 0 Å². The van der Waals surface area contributed by atoms with Gasteiger partial charge >= 0.3 is 0 Å². The molecule has 1 aromatic heterocycles. The van der Waals surface area contributed by atoms with E-state index in [0.29, 0.717) is 22.0 Å². The van der Waals surface area contributed by atoms with Crippen molar-refractivity contribution in [1.82, 2.24) is 4.98 Å². The average molecular weight is 391 g/mol. The van der Waals surface area contributed by atoms with E-state index in [4.69, 9.17) is 0 Å². The summed E-state index contributed by atoms with van der Waals surface area (Å²) in [7, 11) is 0. The van der Waals surface area contributed by atoms with E-state index < -0.39 is 0 Å². The highest BCUT2D eigenvalue weighted by atomic mass is 32.2. The molecule has 0 saturated carbocycles. The Kier molecular flexibility index (Phi) is 6.11. The summed E-state index contributed by atoms with van der Waals surface area (Å²) in [5.41, 5.74) is 4.14. The third kappa shape index (κ3) is 4.98. The number of anilines is 2. The van der Waals surface area contributed by atoms with E-state index in [2.05, 4.69) is 41.6 Å². The highest BCUT2D eigenvalue weighted by Crippen LogP contribution is 2.30. The van der Waals surface area contributed by atoms with Gasteiger partial charge in [0.25, 0.3) is 5.91 Å². The monoisotopic (exact) mass is 391 g/mol. The number of hydrogen-bond donors (Lipinski definition) is 2. The van der Waals surface area contributed by atoms with E-state index in [1.807, 2.05) is 6.07 Å². The second kappa shape index (κ2) is 8.71. The number of aromatic nitrogens is 1. The first-order valence-corrected chi connectivity index (χ1v) is 9.63. The van der Waals surface area contributed by atoms with Crippen LogP contribution >= 0.6 is 11.8 Å². The van der Waals surface area contributed by atoms with E-state index in [1.165, 1.54) is 29.8 Å². The maximum absolute atomic E-state index is 12.8. The molecule has 142 valence electrons. The Morgan fingerprint density at radius 1 is 0.893 bits per heavy atom. The SMILES string of the molecule is CC(=O)Nc1cccc(NC(=O)c2cccnc2Sc2ccc(C)c(C)c2)c1. The first-order valence-electron chi connectivity index (χ1n) is 8.81. The molecule has 6 heteroatoms. The Balaban J connectivity index is 1.81. The number of benzene rings is 2. The van der Waals surface area contributed by atoms with Crippen molar-refractivity contribution < 1.29 is 9.59 Å². The van der Waals surface area contributed by atoms with Crippen LogP contribution in [-0.2, 0) is 4.79 Å². The Morgan fingerprint density at radius 3 is 2.36 bits per heavy atom. The minimum Gasteiger partial charge on any atom is -0.326 e. The molecule has 0 radical (unpaired) electrons. The van der Waals surface area contributed by atoms with Crippen LogP contribution in [0.1, 0.15) is 28.4 Å². The summed E-state index contributed by atoms with van der Waals surface area (Å²) in [6.45, 7) is 5.57. The van der Waals surface area contributed by atoms with Crippen LogP contribution in [-0.4, -0.2) is 16.8 Å². The molecule has 0 aliphatic rings. The van der Waals surface area contributed by atoms with Crippen molar-refractivity contribution in [1.29, 1.82) is 0 Å². The van der Waals surface area contributed by atoms with Gasteiger partial charge in [0.05, 0.1) is 5.56 Å². The standard InChI is InChI=1S/C22H21N3O2S/c1-14-9-10-19(12-15(14)2)28-22-20(8-5-11-23-22)21(27)25-18-7-4-6-17(13-18)24-16(3)26/h4-13H,1-3H3,(H,24,26)(H,25,27). The van der Waals surface area contributed by atoms with Gasteiger partial charge in [-0.05, 0) is 67.4 Å². The Labute approximate surface area is 168 Å². The van der Waals surface area contributed by atoms with Gasteiger partial charge in [-0.15, -0.1) is 0 Å². The maximum Gasteiger partial charge on any atom is 0.258 e. The zero-order valence-corrected chi connectivity index (χ0v) is 16.8. The molecule has 0 aliphatic heterocycles. The molecule has 2 aromatic carbocycles. The van der Waals surface area contributed by atoms with Gasteiger partial charge in [-0.1, -0.05) is 23.9 Å². The Bertz CT molecular complexity index is 1030. The summed E-state index contributed by atoms with van der Waals surface area (Å²) in [6, 6.07) is 16.7. The smallest absolute Gasteiger partial charge is 0.258 e. The molecule has 0 unspecified atom stereocenters. The van der Waals surface area contributed by atoms with E-state index >= 15 is 0 Å². The average Bonchev–Trinajstić information content (AvgIpc) is 2.65. The van der Waals surface area contributed by atoms with Crippen LogP contribution in [0.25, 0.3) is 0 Å². The van der Waals surface area contributed by atoms with Crippen molar-refractivity contribution in [2.45, 2.75) is 30.7 Å². The predicted octanol–water partition coefficient (Wildman–Crippen LogP) is 5.06. The minimum atomic E-state index is -0.251. The molecule has 2 N–H and O–H groups in total. The second-order valence-corrected chi connectivity index (χ2v) is 7.48. The second-order valence-electron chi connectivity index (χ2n) is 6.42. The quantitative estimate of drug-likeness (QED) is 0.638. The molecule has 0 saturated heterocycles. The predicted molar refractivity (Wildman–Crippen MR) is 113 cm³/mol. The number of carbonyl (C=O) groups is 2. The van der Waals surface area contributed by atoms with Gasteiger partial charge in [-0.2, -0.15) is 0 Å². The van der Waals surface area contributed by atoms with Crippen molar-refractivity contribution in [3.63, 3.8) is 0 Å². The topological polar surface area (TPSA) is 71.1 Å². The highest BCUT2D eigenvalue weighted by Gasteiger charge is 2.14. The normalized spacial score (nSPS) is 10.4. The maximum atomic E-state index is 12.8. The molecule has 3 rings (SSSR count). The summed E-state index contributed by atoms with van der Waals surface area (Å²) in [5.74, 6) is -0.415. The van der Waals surface area contributed by atoms with Gasteiger partial charge in [-0.25, -0.2) is 4.98 Å². The molecule has 0 spiro atoms. The van der Waals surface area contributed by atoms with Crippen LogP contribution in [0, 0.1) is 13.8 Å². The van der Waals surface area contributed by atoms with Crippen LogP contribution in [0.4, 0.5) is 11.4 Å². The number of pyridine rings is 1. The largest absolute Gasteiger partial charge is 0.326 e. The third-order valence-electron chi connectivity index (χ3n) is 4.15. The van der Waals surface area contributed by atoms with E-state index in [9.17, 15) is 9.59 Å². The van der Waals surface area contributed by atoms with Gasteiger partial charge < -0.3 is 10.6 Å². The molecule has 0 fully saturated rings. The van der Waals surface area contributed by atoms with Crippen LogP contribution in [0.3, 0.4) is 0 Å². The number of nitrogens with one attached hydrogen (secondary N) is 2. The van der Waals surface area contributed by atoms with Crippen molar-refractivity contribution in [2.24, 2.45) is 0 Å². The zero-order chi connectivity index (χ0) is 20.1. The summed E-state index contributed by atoms with van der Waals surface area (Å²) in [6.07, 6.45) is 1.68. The fourth-order valence-electron chi connectivity index (χ4n) is 2.61.